The fourth-order valence-corrected chi connectivity index (χ4v) is 2.47. The van der Waals surface area contributed by atoms with Gasteiger partial charge < -0.3 is 4.74 Å². The smallest absolute Gasteiger partial charge is 0.417 e. The molecule has 0 aliphatic carbocycles. The standard InChI is InChI=1S/C15H18N6O3/c1-9-8-20-11(10-7-16-5-6-17-10)18-19-12(20)13(22)21(9)14(23)24-15(2,3)4/h5-7,9H,8H2,1-4H3. The van der Waals surface area contributed by atoms with Gasteiger partial charge in [-0.25, -0.2) is 14.7 Å². The van der Waals surface area contributed by atoms with Crippen LogP contribution < -0.4 is 0 Å². The SMILES string of the molecule is CC1Cn2c(nnc2-c2cnccn2)C(=O)N1C(=O)OC(C)(C)C. The summed E-state index contributed by atoms with van der Waals surface area (Å²) in [5.74, 6) is -0.00705. The van der Waals surface area contributed by atoms with Crippen LogP contribution in [0.4, 0.5) is 4.79 Å². The van der Waals surface area contributed by atoms with Crippen molar-refractivity contribution in [2.24, 2.45) is 0 Å². The maximum Gasteiger partial charge on any atom is 0.417 e. The Morgan fingerprint density at radius 1 is 1.25 bits per heavy atom. The molecule has 3 heterocycles. The number of nitrogens with zero attached hydrogens (tertiary/aromatic N) is 6. The van der Waals surface area contributed by atoms with E-state index < -0.39 is 23.6 Å². The largest absolute Gasteiger partial charge is 0.443 e. The van der Waals surface area contributed by atoms with Gasteiger partial charge in [-0.2, -0.15) is 0 Å². The lowest BCUT2D eigenvalue weighted by molar-refractivity contribution is 0.0132. The predicted octanol–water partition coefficient (Wildman–Crippen LogP) is 1.51. The molecule has 0 saturated carbocycles. The fraction of sp³-hybridized carbons (Fsp3) is 0.467. The van der Waals surface area contributed by atoms with E-state index in [1.54, 1.807) is 44.7 Å². The molecule has 1 aliphatic rings. The second-order valence-corrected chi connectivity index (χ2v) is 6.55. The number of amides is 2. The molecule has 0 aromatic carbocycles. The number of carbonyl (C=O) groups is 2. The normalized spacial score (nSPS) is 17.6. The van der Waals surface area contributed by atoms with Gasteiger partial charge in [0.1, 0.15) is 11.3 Å². The van der Waals surface area contributed by atoms with Crippen LogP contribution in [0.25, 0.3) is 11.5 Å². The van der Waals surface area contributed by atoms with E-state index in [9.17, 15) is 9.59 Å². The van der Waals surface area contributed by atoms with E-state index in [4.69, 9.17) is 4.74 Å². The van der Waals surface area contributed by atoms with E-state index in [1.165, 1.54) is 6.20 Å². The van der Waals surface area contributed by atoms with E-state index >= 15 is 0 Å². The number of hydrogen-bond acceptors (Lipinski definition) is 7. The first kappa shape index (κ1) is 16.0. The molecule has 1 atom stereocenters. The van der Waals surface area contributed by atoms with E-state index in [-0.39, 0.29) is 5.82 Å². The molecule has 0 spiro atoms. The molecule has 24 heavy (non-hydrogen) atoms. The second-order valence-electron chi connectivity index (χ2n) is 6.55. The van der Waals surface area contributed by atoms with Crippen molar-refractivity contribution in [3.63, 3.8) is 0 Å². The van der Waals surface area contributed by atoms with Crippen molar-refractivity contribution in [1.82, 2.24) is 29.6 Å². The highest BCUT2D eigenvalue weighted by Crippen LogP contribution is 2.24. The Hall–Kier alpha value is -2.84. The molecule has 1 unspecified atom stereocenters. The van der Waals surface area contributed by atoms with Gasteiger partial charge in [-0.15, -0.1) is 10.2 Å². The fourth-order valence-electron chi connectivity index (χ4n) is 2.47. The molecule has 0 saturated heterocycles. The Bertz CT molecular complexity index is 780. The molecule has 0 radical (unpaired) electrons. The molecule has 9 heteroatoms. The molecule has 2 amide bonds. The highest BCUT2D eigenvalue weighted by atomic mass is 16.6. The van der Waals surface area contributed by atoms with Crippen LogP contribution in [0, 0.1) is 0 Å². The number of fused-ring (bicyclic) bond motifs is 1. The maximum atomic E-state index is 12.7. The molecule has 9 nitrogen and oxygen atoms in total. The van der Waals surface area contributed by atoms with Gasteiger partial charge >= 0.3 is 12.0 Å². The van der Waals surface area contributed by atoms with Crippen LogP contribution in [0.15, 0.2) is 18.6 Å². The Labute approximate surface area is 138 Å². The zero-order valence-electron chi connectivity index (χ0n) is 13.9. The first-order valence-electron chi connectivity index (χ1n) is 7.54. The van der Waals surface area contributed by atoms with Crippen LogP contribution in [0.1, 0.15) is 38.3 Å². The van der Waals surface area contributed by atoms with Crippen LogP contribution in [-0.4, -0.2) is 53.3 Å². The summed E-state index contributed by atoms with van der Waals surface area (Å²) in [5, 5.41) is 7.96. The minimum atomic E-state index is -0.688. The number of hydrogen-bond donors (Lipinski definition) is 0. The lowest BCUT2D eigenvalue weighted by Gasteiger charge is -2.33. The highest BCUT2D eigenvalue weighted by Gasteiger charge is 2.39. The predicted molar refractivity (Wildman–Crippen MR) is 82.9 cm³/mol. The molecule has 0 N–H and O–H groups in total. The second kappa shape index (κ2) is 5.66. The lowest BCUT2D eigenvalue weighted by Crippen LogP contribution is -2.51. The van der Waals surface area contributed by atoms with Crippen molar-refractivity contribution in [3.05, 3.63) is 24.4 Å². The molecule has 3 rings (SSSR count). The topological polar surface area (TPSA) is 103 Å². The van der Waals surface area contributed by atoms with Crippen molar-refractivity contribution in [1.29, 1.82) is 0 Å². The molecule has 126 valence electrons. The van der Waals surface area contributed by atoms with E-state index in [0.717, 1.165) is 4.90 Å². The number of aromatic nitrogens is 5. The van der Waals surface area contributed by atoms with Gasteiger partial charge in [0.2, 0.25) is 5.82 Å². The van der Waals surface area contributed by atoms with Crippen molar-refractivity contribution < 1.29 is 14.3 Å². The van der Waals surface area contributed by atoms with Crippen molar-refractivity contribution in [2.45, 2.75) is 45.9 Å². The Balaban J connectivity index is 1.94. The van der Waals surface area contributed by atoms with Gasteiger partial charge in [-0.1, -0.05) is 0 Å². The third-order valence-corrected chi connectivity index (χ3v) is 3.43. The number of ether oxygens (including phenoxy) is 1. The van der Waals surface area contributed by atoms with Gasteiger partial charge in [0.25, 0.3) is 0 Å². The zero-order chi connectivity index (χ0) is 17.5. The summed E-state index contributed by atoms with van der Waals surface area (Å²) in [7, 11) is 0. The summed E-state index contributed by atoms with van der Waals surface area (Å²) in [5.41, 5.74) is -0.172. The summed E-state index contributed by atoms with van der Waals surface area (Å²) >= 11 is 0. The quantitative estimate of drug-likeness (QED) is 0.780. The summed E-state index contributed by atoms with van der Waals surface area (Å²) in [4.78, 5) is 34.2. The minimum Gasteiger partial charge on any atom is -0.443 e. The van der Waals surface area contributed by atoms with Crippen LogP contribution in [0.5, 0.6) is 0 Å². The summed E-state index contributed by atoms with van der Waals surface area (Å²) in [6, 6.07) is -0.397. The molecular weight excluding hydrogens is 312 g/mol. The third kappa shape index (κ3) is 2.84. The van der Waals surface area contributed by atoms with Crippen LogP contribution in [0.2, 0.25) is 0 Å². The zero-order valence-corrected chi connectivity index (χ0v) is 13.9. The first-order valence-corrected chi connectivity index (χ1v) is 7.54. The Morgan fingerprint density at radius 2 is 1.96 bits per heavy atom. The number of carbonyl (C=O) groups excluding carboxylic acids is 2. The van der Waals surface area contributed by atoms with Gasteiger partial charge in [-0.3, -0.25) is 14.3 Å². The summed E-state index contributed by atoms with van der Waals surface area (Å²) in [6.07, 6.45) is 3.95. The summed E-state index contributed by atoms with van der Waals surface area (Å²) < 4.78 is 6.96. The molecule has 0 fully saturated rings. The minimum absolute atomic E-state index is 0.0830. The van der Waals surface area contributed by atoms with Gasteiger partial charge in [0.05, 0.1) is 12.2 Å². The average molecular weight is 330 g/mol. The van der Waals surface area contributed by atoms with E-state index in [2.05, 4.69) is 20.2 Å². The molecule has 2 aromatic heterocycles. The van der Waals surface area contributed by atoms with Crippen LogP contribution in [-0.2, 0) is 11.3 Å². The first-order chi connectivity index (χ1) is 11.3. The van der Waals surface area contributed by atoms with Crippen LogP contribution in [0.3, 0.4) is 0 Å². The van der Waals surface area contributed by atoms with Crippen molar-refractivity contribution >= 4 is 12.0 Å². The Kier molecular flexibility index (Phi) is 3.78. The molecular formula is C15H18N6O3. The molecule has 2 aromatic rings. The van der Waals surface area contributed by atoms with Crippen molar-refractivity contribution in [2.75, 3.05) is 0 Å². The lowest BCUT2D eigenvalue weighted by atomic mass is 10.2. The van der Waals surface area contributed by atoms with E-state index in [0.29, 0.717) is 18.1 Å². The Morgan fingerprint density at radius 3 is 2.58 bits per heavy atom. The van der Waals surface area contributed by atoms with Gasteiger partial charge in [0.15, 0.2) is 5.82 Å². The molecule has 0 bridgehead atoms. The third-order valence-electron chi connectivity index (χ3n) is 3.43. The van der Waals surface area contributed by atoms with Gasteiger partial charge in [0, 0.05) is 18.9 Å². The molecule has 1 aliphatic heterocycles. The van der Waals surface area contributed by atoms with E-state index in [1.807, 2.05) is 0 Å². The number of imide groups is 1. The van der Waals surface area contributed by atoms with Gasteiger partial charge in [-0.05, 0) is 27.7 Å². The monoisotopic (exact) mass is 330 g/mol. The van der Waals surface area contributed by atoms with Crippen LogP contribution >= 0.6 is 0 Å². The van der Waals surface area contributed by atoms with Crippen molar-refractivity contribution in [3.8, 4) is 11.5 Å². The maximum absolute atomic E-state index is 12.7. The average Bonchev–Trinajstić information content (AvgIpc) is 2.90. The summed E-state index contributed by atoms with van der Waals surface area (Å²) in [6.45, 7) is 7.38. The highest BCUT2D eigenvalue weighted by molar-refractivity contribution is 6.02. The number of rotatable bonds is 1.